The van der Waals surface area contributed by atoms with E-state index in [2.05, 4.69) is 21.2 Å². The number of aromatic nitrogens is 3. The number of ether oxygens (including phenoxy) is 4. The molecular weight excluding hydrogens is 384 g/mol. The zero-order valence-electron chi connectivity index (χ0n) is 16.9. The molecule has 1 aromatic heterocycles. The molecule has 0 saturated carbocycles. The van der Waals surface area contributed by atoms with Crippen LogP contribution in [0.1, 0.15) is 17.9 Å². The van der Waals surface area contributed by atoms with Gasteiger partial charge in [0, 0.05) is 30.1 Å². The average molecular weight is 406 g/mol. The minimum absolute atomic E-state index is 0.245. The monoisotopic (exact) mass is 406 g/mol. The van der Waals surface area contributed by atoms with Crippen LogP contribution in [0.25, 0.3) is 11.3 Å². The molecule has 2 aromatic carbocycles. The van der Waals surface area contributed by atoms with Crippen LogP contribution >= 0.6 is 0 Å². The molecule has 5 rings (SSSR count). The molecule has 2 aliphatic rings. The van der Waals surface area contributed by atoms with E-state index in [1.807, 2.05) is 30.3 Å². The Labute approximate surface area is 174 Å². The Morgan fingerprint density at radius 1 is 1.03 bits per heavy atom. The third kappa shape index (κ3) is 3.34. The average Bonchev–Trinajstić information content (AvgIpc) is 3.48. The van der Waals surface area contributed by atoms with Crippen LogP contribution in [0.2, 0.25) is 0 Å². The minimum Gasteiger partial charge on any atom is -0.497 e. The number of nitrogens with zero attached hydrogens (tertiary/aromatic N) is 4. The van der Waals surface area contributed by atoms with E-state index in [1.54, 1.807) is 20.4 Å². The van der Waals surface area contributed by atoms with Crippen LogP contribution in [-0.4, -0.2) is 49.3 Å². The summed E-state index contributed by atoms with van der Waals surface area (Å²) in [5, 5.41) is 8.46. The molecule has 0 spiro atoms. The summed E-state index contributed by atoms with van der Waals surface area (Å²) in [5.41, 5.74) is 2.81. The lowest BCUT2D eigenvalue weighted by Gasteiger charge is -2.18. The number of hydrogen-bond donors (Lipinski definition) is 0. The maximum Gasteiger partial charge on any atom is 0.245 e. The first kappa shape index (κ1) is 18.5. The van der Waals surface area contributed by atoms with Gasteiger partial charge in [0.2, 0.25) is 12.7 Å². The van der Waals surface area contributed by atoms with Gasteiger partial charge in [-0.25, -0.2) is 4.98 Å². The fourth-order valence-electron chi connectivity index (χ4n) is 3.98. The van der Waals surface area contributed by atoms with E-state index in [0.29, 0.717) is 11.9 Å². The number of fused-ring (bicyclic) bond motifs is 1. The molecule has 30 heavy (non-hydrogen) atoms. The first-order valence-electron chi connectivity index (χ1n) is 9.82. The molecular formula is C22H22N4O4. The summed E-state index contributed by atoms with van der Waals surface area (Å²) in [7, 11) is 3.37. The Balaban J connectivity index is 1.38. The van der Waals surface area contributed by atoms with Gasteiger partial charge in [0.1, 0.15) is 11.5 Å². The van der Waals surface area contributed by atoms with E-state index in [1.165, 1.54) is 0 Å². The highest BCUT2D eigenvalue weighted by atomic mass is 16.7. The first-order valence-corrected chi connectivity index (χ1v) is 9.82. The van der Waals surface area contributed by atoms with Crippen LogP contribution in [0.5, 0.6) is 23.0 Å². The maximum absolute atomic E-state index is 5.57. The number of methoxy groups -OCH3 is 2. The fraction of sp³-hybridized carbons (Fsp3) is 0.318. The SMILES string of the molecule is COc1ccc(OC)c(C2CCN(c3nncc(-c4ccc5c(c4)OCO5)n3)C2)c1. The lowest BCUT2D eigenvalue weighted by Crippen LogP contribution is -2.22. The second-order valence-electron chi connectivity index (χ2n) is 7.25. The van der Waals surface area contributed by atoms with Crippen LogP contribution in [0.4, 0.5) is 5.95 Å². The van der Waals surface area contributed by atoms with Crippen molar-refractivity contribution in [1.29, 1.82) is 0 Å². The standard InChI is InChI=1S/C22H22N4O4/c1-27-16-4-6-19(28-2)17(10-16)15-7-8-26(12-15)22-24-18(11-23-25-22)14-3-5-20-21(9-14)30-13-29-20/h3-6,9-11,15H,7-8,12-13H2,1-2H3. The van der Waals surface area contributed by atoms with Crippen molar-refractivity contribution < 1.29 is 18.9 Å². The molecule has 1 unspecified atom stereocenters. The molecule has 3 aromatic rings. The summed E-state index contributed by atoms with van der Waals surface area (Å²) >= 11 is 0. The molecule has 8 heteroatoms. The summed E-state index contributed by atoms with van der Waals surface area (Å²) in [4.78, 5) is 6.91. The van der Waals surface area contributed by atoms with Crippen molar-refractivity contribution in [2.45, 2.75) is 12.3 Å². The zero-order chi connectivity index (χ0) is 20.5. The minimum atomic E-state index is 0.245. The second kappa shape index (κ2) is 7.70. The van der Waals surface area contributed by atoms with Gasteiger partial charge < -0.3 is 23.8 Å². The van der Waals surface area contributed by atoms with Crippen molar-refractivity contribution in [3.63, 3.8) is 0 Å². The zero-order valence-corrected chi connectivity index (χ0v) is 16.9. The maximum atomic E-state index is 5.57. The van der Waals surface area contributed by atoms with Gasteiger partial charge in [-0.15, -0.1) is 5.10 Å². The van der Waals surface area contributed by atoms with Crippen LogP contribution in [0, 0.1) is 0 Å². The predicted octanol–water partition coefficient (Wildman–Crippen LogP) is 3.28. The summed E-state index contributed by atoms with van der Waals surface area (Å²) in [6.07, 6.45) is 2.64. The molecule has 1 atom stereocenters. The van der Waals surface area contributed by atoms with Crippen molar-refractivity contribution in [3.8, 4) is 34.3 Å². The molecule has 1 fully saturated rings. The quantitative estimate of drug-likeness (QED) is 0.639. The van der Waals surface area contributed by atoms with Crippen LogP contribution < -0.4 is 23.8 Å². The first-order chi connectivity index (χ1) is 14.7. The number of rotatable bonds is 5. The van der Waals surface area contributed by atoms with Gasteiger partial charge in [0.15, 0.2) is 11.5 Å². The van der Waals surface area contributed by atoms with E-state index in [0.717, 1.165) is 59.3 Å². The van der Waals surface area contributed by atoms with Crippen molar-refractivity contribution >= 4 is 5.95 Å². The van der Waals surface area contributed by atoms with E-state index in [-0.39, 0.29) is 6.79 Å². The highest BCUT2D eigenvalue weighted by Gasteiger charge is 2.28. The van der Waals surface area contributed by atoms with E-state index < -0.39 is 0 Å². The Morgan fingerprint density at radius 2 is 1.93 bits per heavy atom. The summed E-state index contributed by atoms with van der Waals surface area (Å²) in [5.74, 6) is 4.08. The van der Waals surface area contributed by atoms with Crippen molar-refractivity contribution in [2.75, 3.05) is 39.0 Å². The van der Waals surface area contributed by atoms with E-state index in [9.17, 15) is 0 Å². The molecule has 0 bridgehead atoms. The Hall–Kier alpha value is -3.55. The third-order valence-corrected chi connectivity index (χ3v) is 5.56. The largest absolute Gasteiger partial charge is 0.497 e. The van der Waals surface area contributed by atoms with Crippen LogP contribution in [0.3, 0.4) is 0 Å². The Bertz CT molecular complexity index is 1070. The third-order valence-electron chi connectivity index (χ3n) is 5.56. The highest BCUT2D eigenvalue weighted by Crippen LogP contribution is 2.38. The molecule has 0 radical (unpaired) electrons. The normalized spacial score (nSPS) is 17.3. The molecule has 0 N–H and O–H groups in total. The van der Waals surface area contributed by atoms with Gasteiger partial charge in [0.25, 0.3) is 0 Å². The van der Waals surface area contributed by atoms with Gasteiger partial charge in [-0.2, -0.15) is 5.10 Å². The lowest BCUT2D eigenvalue weighted by molar-refractivity contribution is 0.174. The molecule has 154 valence electrons. The smallest absolute Gasteiger partial charge is 0.245 e. The highest BCUT2D eigenvalue weighted by molar-refractivity contribution is 5.64. The molecule has 1 saturated heterocycles. The van der Waals surface area contributed by atoms with Crippen molar-refractivity contribution in [3.05, 3.63) is 48.2 Å². The fourth-order valence-corrected chi connectivity index (χ4v) is 3.98. The Morgan fingerprint density at radius 3 is 2.80 bits per heavy atom. The predicted molar refractivity (Wildman–Crippen MR) is 111 cm³/mol. The van der Waals surface area contributed by atoms with Crippen LogP contribution in [0.15, 0.2) is 42.6 Å². The van der Waals surface area contributed by atoms with Gasteiger partial charge in [-0.05, 0) is 42.8 Å². The Kier molecular flexibility index (Phi) is 4.74. The van der Waals surface area contributed by atoms with Crippen molar-refractivity contribution in [1.82, 2.24) is 15.2 Å². The van der Waals surface area contributed by atoms with Gasteiger partial charge in [-0.3, -0.25) is 0 Å². The molecule has 0 amide bonds. The van der Waals surface area contributed by atoms with E-state index >= 15 is 0 Å². The number of anilines is 1. The van der Waals surface area contributed by atoms with E-state index in [4.69, 9.17) is 23.9 Å². The molecule has 0 aliphatic carbocycles. The summed E-state index contributed by atoms with van der Waals surface area (Å²) in [6.45, 7) is 1.88. The van der Waals surface area contributed by atoms with Crippen LogP contribution in [-0.2, 0) is 0 Å². The molecule has 3 heterocycles. The molecule has 8 nitrogen and oxygen atoms in total. The van der Waals surface area contributed by atoms with Gasteiger partial charge in [-0.1, -0.05) is 0 Å². The second-order valence-corrected chi connectivity index (χ2v) is 7.25. The molecule has 2 aliphatic heterocycles. The lowest BCUT2D eigenvalue weighted by atomic mass is 9.97. The van der Waals surface area contributed by atoms with Crippen molar-refractivity contribution in [2.24, 2.45) is 0 Å². The number of benzene rings is 2. The van der Waals surface area contributed by atoms with Gasteiger partial charge >= 0.3 is 0 Å². The van der Waals surface area contributed by atoms with Gasteiger partial charge in [0.05, 0.1) is 26.1 Å². The summed E-state index contributed by atoms with van der Waals surface area (Å²) < 4.78 is 21.8. The summed E-state index contributed by atoms with van der Waals surface area (Å²) in [6, 6.07) is 11.7. The number of hydrogen-bond acceptors (Lipinski definition) is 8. The topological polar surface area (TPSA) is 78.8 Å².